The summed E-state index contributed by atoms with van der Waals surface area (Å²) in [4.78, 5) is 19.4. The Labute approximate surface area is 187 Å². The normalized spacial score (nSPS) is 13.5. The standard InChI is InChI=1S/C25H26N2O5/c1-29-18-6-8-20-17(13-18)5-7-21(26-20)25(28)27-11-9-16(10-12-27)24-22(31-3)14-19(30-2)15-23(24)32-4/h5-9,13-15H,10-12H2,1-4H3. The molecule has 7 nitrogen and oxygen atoms in total. The summed E-state index contributed by atoms with van der Waals surface area (Å²) in [6, 6.07) is 12.9. The smallest absolute Gasteiger partial charge is 0.272 e. The summed E-state index contributed by atoms with van der Waals surface area (Å²) in [7, 11) is 6.48. The van der Waals surface area contributed by atoms with E-state index in [1.807, 2.05) is 42.5 Å². The summed E-state index contributed by atoms with van der Waals surface area (Å²) >= 11 is 0. The van der Waals surface area contributed by atoms with Gasteiger partial charge in [-0.2, -0.15) is 0 Å². The second kappa shape index (κ2) is 9.18. The number of hydrogen-bond donors (Lipinski definition) is 0. The fourth-order valence-corrected chi connectivity index (χ4v) is 3.91. The molecule has 1 amide bonds. The Kier molecular flexibility index (Phi) is 6.16. The minimum atomic E-state index is -0.0910. The molecule has 1 aliphatic rings. The number of amides is 1. The molecule has 0 bridgehead atoms. The van der Waals surface area contributed by atoms with E-state index in [0.29, 0.717) is 42.5 Å². The van der Waals surface area contributed by atoms with Crippen LogP contribution >= 0.6 is 0 Å². The first-order chi connectivity index (χ1) is 15.6. The zero-order chi connectivity index (χ0) is 22.7. The van der Waals surface area contributed by atoms with Gasteiger partial charge in [-0.05, 0) is 36.3 Å². The fraction of sp³-hybridized carbons (Fsp3) is 0.280. The van der Waals surface area contributed by atoms with E-state index in [0.717, 1.165) is 27.8 Å². The van der Waals surface area contributed by atoms with Crippen LogP contribution in [0.4, 0.5) is 0 Å². The maximum Gasteiger partial charge on any atom is 0.272 e. The van der Waals surface area contributed by atoms with Crippen LogP contribution < -0.4 is 18.9 Å². The van der Waals surface area contributed by atoms with Crippen molar-refractivity contribution in [3.8, 4) is 23.0 Å². The molecule has 166 valence electrons. The lowest BCUT2D eigenvalue weighted by molar-refractivity contribution is 0.0767. The summed E-state index contributed by atoms with van der Waals surface area (Å²) < 4.78 is 21.8. The monoisotopic (exact) mass is 434 g/mol. The first-order valence-electron chi connectivity index (χ1n) is 10.3. The van der Waals surface area contributed by atoms with Crippen molar-refractivity contribution in [2.45, 2.75) is 6.42 Å². The van der Waals surface area contributed by atoms with Crippen molar-refractivity contribution in [1.82, 2.24) is 9.88 Å². The molecule has 3 aromatic rings. The first kappa shape index (κ1) is 21.5. The predicted molar refractivity (Wildman–Crippen MR) is 123 cm³/mol. The quantitative estimate of drug-likeness (QED) is 0.579. The van der Waals surface area contributed by atoms with Crippen LogP contribution in [0.1, 0.15) is 22.5 Å². The van der Waals surface area contributed by atoms with Gasteiger partial charge < -0.3 is 23.8 Å². The lowest BCUT2D eigenvalue weighted by atomic mass is 9.97. The number of nitrogens with zero attached hydrogens (tertiary/aromatic N) is 2. The maximum atomic E-state index is 13.1. The van der Waals surface area contributed by atoms with Gasteiger partial charge in [0.05, 0.1) is 39.5 Å². The Hall–Kier alpha value is -3.74. The van der Waals surface area contributed by atoms with Gasteiger partial charge in [0.1, 0.15) is 28.7 Å². The molecule has 7 heteroatoms. The van der Waals surface area contributed by atoms with Crippen LogP contribution in [-0.2, 0) is 0 Å². The first-order valence-corrected chi connectivity index (χ1v) is 10.3. The predicted octanol–water partition coefficient (Wildman–Crippen LogP) is 4.20. The topological polar surface area (TPSA) is 70.1 Å². The van der Waals surface area contributed by atoms with Crippen LogP contribution in [0.2, 0.25) is 0 Å². The number of carbonyl (C=O) groups excluding carboxylic acids is 1. The molecule has 32 heavy (non-hydrogen) atoms. The van der Waals surface area contributed by atoms with Crippen LogP contribution in [0.3, 0.4) is 0 Å². The largest absolute Gasteiger partial charge is 0.497 e. The molecule has 4 rings (SSSR count). The van der Waals surface area contributed by atoms with Gasteiger partial charge in [0.2, 0.25) is 0 Å². The Morgan fingerprint density at radius 2 is 1.59 bits per heavy atom. The van der Waals surface area contributed by atoms with Gasteiger partial charge in [0.15, 0.2) is 0 Å². The number of rotatable bonds is 6. The van der Waals surface area contributed by atoms with Crippen molar-refractivity contribution < 1.29 is 23.7 Å². The van der Waals surface area contributed by atoms with E-state index in [2.05, 4.69) is 4.98 Å². The number of methoxy groups -OCH3 is 4. The zero-order valence-electron chi connectivity index (χ0n) is 18.7. The minimum absolute atomic E-state index is 0.0910. The molecule has 0 spiro atoms. The molecular weight excluding hydrogens is 408 g/mol. The Bertz CT molecular complexity index is 1160. The Morgan fingerprint density at radius 3 is 2.19 bits per heavy atom. The third-order valence-corrected chi connectivity index (χ3v) is 5.65. The SMILES string of the molecule is COc1cc(OC)c(C2=CCN(C(=O)c3ccc4cc(OC)ccc4n3)CC2)c(OC)c1. The van der Waals surface area contributed by atoms with Crippen LogP contribution in [0.5, 0.6) is 23.0 Å². The second-order valence-corrected chi connectivity index (χ2v) is 7.39. The average Bonchev–Trinajstić information content (AvgIpc) is 2.86. The summed E-state index contributed by atoms with van der Waals surface area (Å²) in [5, 5.41) is 0.931. The van der Waals surface area contributed by atoms with Crippen LogP contribution in [-0.4, -0.2) is 57.3 Å². The fourth-order valence-electron chi connectivity index (χ4n) is 3.91. The summed E-state index contributed by atoms with van der Waals surface area (Å²) in [5.74, 6) is 2.69. The molecular formula is C25H26N2O5. The number of carbonyl (C=O) groups is 1. The zero-order valence-corrected chi connectivity index (χ0v) is 18.7. The molecule has 0 unspecified atom stereocenters. The van der Waals surface area contributed by atoms with E-state index >= 15 is 0 Å². The minimum Gasteiger partial charge on any atom is -0.497 e. The molecule has 0 N–H and O–H groups in total. The third kappa shape index (κ3) is 4.06. The molecule has 0 fully saturated rings. The van der Waals surface area contributed by atoms with Crippen LogP contribution in [0.25, 0.3) is 16.5 Å². The highest BCUT2D eigenvalue weighted by Gasteiger charge is 2.24. The van der Waals surface area contributed by atoms with Crippen molar-refractivity contribution in [2.24, 2.45) is 0 Å². The maximum absolute atomic E-state index is 13.1. The van der Waals surface area contributed by atoms with Crippen molar-refractivity contribution in [3.63, 3.8) is 0 Å². The van der Waals surface area contributed by atoms with Crippen molar-refractivity contribution >= 4 is 22.4 Å². The van der Waals surface area contributed by atoms with Crippen molar-refractivity contribution in [1.29, 1.82) is 0 Å². The molecule has 2 aromatic carbocycles. The van der Waals surface area contributed by atoms with Gasteiger partial charge in [-0.1, -0.05) is 12.1 Å². The Morgan fingerprint density at radius 1 is 0.875 bits per heavy atom. The number of fused-ring (bicyclic) bond motifs is 1. The van der Waals surface area contributed by atoms with Crippen molar-refractivity contribution in [2.75, 3.05) is 41.5 Å². The van der Waals surface area contributed by atoms with Crippen molar-refractivity contribution in [3.05, 3.63) is 59.8 Å². The number of aromatic nitrogens is 1. The third-order valence-electron chi connectivity index (χ3n) is 5.65. The molecule has 1 aromatic heterocycles. The summed E-state index contributed by atoms with van der Waals surface area (Å²) in [5.41, 5.74) is 3.15. The molecule has 0 radical (unpaired) electrons. The molecule has 0 aliphatic carbocycles. The van der Waals surface area contributed by atoms with Gasteiger partial charge in [-0.15, -0.1) is 0 Å². The second-order valence-electron chi connectivity index (χ2n) is 7.39. The van der Waals surface area contributed by atoms with E-state index in [9.17, 15) is 4.79 Å². The van der Waals surface area contributed by atoms with Gasteiger partial charge in [-0.25, -0.2) is 4.98 Å². The lowest BCUT2D eigenvalue weighted by Crippen LogP contribution is -2.35. The molecule has 0 atom stereocenters. The van der Waals surface area contributed by atoms with Crippen LogP contribution in [0.15, 0.2) is 48.5 Å². The summed E-state index contributed by atoms with van der Waals surface area (Å²) in [6.07, 6.45) is 2.72. The van der Waals surface area contributed by atoms with Crippen LogP contribution in [0, 0.1) is 0 Å². The molecule has 0 saturated carbocycles. The van der Waals surface area contributed by atoms with Gasteiger partial charge in [0, 0.05) is 30.6 Å². The highest BCUT2D eigenvalue weighted by atomic mass is 16.5. The number of pyridine rings is 1. The van der Waals surface area contributed by atoms with E-state index in [4.69, 9.17) is 18.9 Å². The van der Waals surface area contributed by atoms with E-state index in [1.165, 1.54) is 0 Å². The summed E-state index contributed by atoms with van der Waals surface area (Å²) in [6.45, 7) is 1.06. The Balaban J connectivity index is 1.57. The highest BCUT2D eigenvalue weighted by molar-refractivity contribution is 5.95. The lowest BCUT2D eigenvalue weighted by Gasteiger charge is -2.27. The molecule has 0 saturated heterocycles. The van der Waals surface area contributed by atoms with E-state index < -0.39 is 0 Å². The molecule has 1 aliphatic heterocycles. The van der Waals surface area contributed by atoms with Gasteiger partial charge in [-0.3, -0.25) is 4.79 Å². The number of hydrogen-bond acceptors (Lipinski definition) is 6. The molecule has 2 heterocycles. The number of ether oxygens (including phenoxy) is 4. The van der Waals surface area contributed by atoms with Gasteiger partial charge >= 0.3 is 0 Å². The van der Waals surface area contributed by atoms with E-state index in [1.54, 1.807) is 39.4 Å². The van der Waals surface area contributed by atoms with Gasteiger partial charge in [0.25, 0.3) is 5.91 Å². The number of benzene rings is 2. The average molecular weight is 434 g/mol. The highest BCUT2D eigenvalue weighted by Crippen LogP contribution is 2.41. The van der Waals surface area contributed by atoms with E-state index in [-0.39, 0.29) is 5.91 Å².